The van der Waals surface area contributed by atoms with Gasteiger partial charge in [-0.15, -0.1) is 0 Å². The van der Waals surface area contributed by atoms with Gasteiger partial charge in [0.25, 0.3) is 5.56 Å². The molecule has 1 atom stereocenters. The van der Waals surface area contributed by atoms with Crippen molar-refractivity contribution in [2.45, 2.75) is 38.9 Å². The summed E-state index contributed by atoms with van der Waals surface area (Å²) in [6.07, 6.45) is -3.89. The highest BCUT2D eigenvalue weighted by molar-refractivity contribution is 6.06. The third-order valence-electron chi connectivity index (χ3n) is 6.89. The van der Waals surface area contributed by atoms with Crippen LogP contribution in [0.25, 0.3) is 22.2 Å². The van der Waals surface area contributed by atoms with Gasteiger partial charge in [-0.2, -0.15) is 27.8 Å². The lowest BCUT2D eigenvalue weighted by Crippen LogP contribution is -2.32. The first-order valence-corrected chi connectivity index (χ1v) is 13.2. The van der Waals surface area contributed by atoms with E-state index in [1.807, 2.05) is 0 Å². The predicted molar refractivity (Wildman–Crippen MR) is 145 cm³/mol. The van der Waals surface area contributed by atoms with Crippen molar-refractivity contribution in [3.8, 4) is 22.8 Å². The minimum Gasteiger partial charge on any atom is -0.493 e. The van der Waals surface area contributed by atoms with Crippen molar-refractivity contribution in [1.29, 1.82) is 0 Å². The molecule has 1 aliphatic heterocycles. The fourth-order valence-corrected chi connectivity index (χ4v) is 4.74. The number of unbranched alkanes of at least 4 members (excludes halogenated alkanes) is 1. The van der Waals surface area contributed by atoms with Gasteiger partial charge in [-0.25, -0.2) is 14.5 Å². The van der Waals surface area contributed by atoms with Crippen molar-refractivity contribution in [3.05, 3.63) is 75.8 Å². The van der Waals surface area contributed by atoms with Crippen LogP contribution in [-0.4, -0.2) is 35.1 Å². The van der Waals surface area contributed by atoms with E-state index in [9.17, 15) is 31.5 Å². The molecule has 0 saturated carbocycles. The summed E-state index contributed by atoms with van der Waals surface area (Å²) in [5.41, 5.74) is 2.45. The van der Waals surface area contributed by atoms with E-state index in [2.05, 4.69) is 15.6 Å². The quantitative estimate of drug-likeness (QED) is 0.195. The molecule has 0 aliphatic carbocycles. The van der Waals surface area contributed by atoms with Crippen LogP contribution in [0.2, 0.25) is 0 Å². The van der Waals surface area contributed by atoms with Crippen LogP contribution >= 0.6 is 0 Å². The number of nitrogens with one attached hydrogen (secondary N) is 1. The number of alkyl halides is 3. The van der Waals surface area contributed by atoms with Crippen LogP contribution in [0.5, 0.6) is 11.5 Å². The number of hydrogen-bond donors (Lipinski definition) is 1. The molecule has 226 valence electrons. The zero-order chi connectivity index (χ0) is 30.9. The molecule has 2 aromatic heterocycles. The Labute approximate surface area is 240 Å². The number of aromatic nitrogens is 2. The summed E-state index contributed by atoms with van der Waals surface area (Å²) >= 11 is 0. The van der Waals surface area contributed by atoms with E-state index < -0.39 is 35.0 Å². The Balaban J connectivity index is 1.25. The van der Waals surface area contributed by atoms with Gasteiger partial charge in [0.2, 0.25) is 17.5 Å². The molecule has 1 aliphatic rings. The fourth-order valence-electron chi connectivity index (χ4n) is 4.74. The van der Waals surface area contributed by atoms with Crippen molar-refractivity contribution < 1.29 is 40.6 Å². The minimum atomic E-state index is -4.71. The first kappa shape index (κ1) is 29.7. The predicted octanol–water partition coefficient (Wildman–Crippen LogP) is 5.68. The molecule has 0 radical (unpaired) electrons. The summed E-state index contributed by atoms with van der Waals surface area (Å²) < 4.78 is 86.2. The number of ether oxygens (including phenoxy) is 2. The lowest BCUT2D eigenvalue weighted by atomic mass is 9.93. The number of carbonyl (C=O) groups excluding carboxylic acids is 1. The highest BCUT2D eigenvalue weighted by Gasteiger charge is 2.36. The minimum absolute atomic E-state index is 0.00585. The SMILES string of the molecule is COc1ccc(-c2ccc(=O)n(CCCCOc3ccc(C4=NNC(=O)CC4C)c(F)c3F)n2)c2cc(C(F)(F)F)oc12. The summed E-state index contributed by atoms with van der Waals surface area (Å²) in [7, 11) is 1.31. The van der Waals surface area contributed by atoms with Gasteiger partial charge in [-0.1, -0.05) is 6.92 Å². The summed E-state index contributed by atoms with van der Waals surface area (Å²) in [4.78, 5) is 23.9. The molecule has 9 nitrogen and oxygen atoms in total. The van der Waals surface area contributed by atoms with Crippen molar-refractivity contribution in [2.24, 2.45) is 11.0 Å². The van der Waals surface area contributed by atoms with Crippen molar-refractivity contribution in [2.75, 3.05) is 13.7 Å². The van der Waals surface area contributed by atoms with E-state index in [-0.39, 0.29) is 64.9 Å². The third-order valence-corrected chi connectivity index (χ3v) is 6.89. The number of amides is 1. The topological polar surface area (TPSA) is 108 Å². The number of aryl methyl sites for hydroxylation is 1. The summed E-state index contributed by atoms with van der Waals surface area (Å²) in [5, 5.41) is 8.29. The number of halogens is 5. The molecule has 2 aromatic carbocycles. The standard InChI is InChI=1S/C29H25F5N4O5/c1-15-13-23(39)35-36-27(15)17-6-8-20(26(31)25(17)30)42-12-4-3-11-38-24(40)10-7-19(37-38)16-5-9-21(41-2)28-18(16)14-22(43-28)29(32,33)34/h5-10,14-15H,3-4,11-13H2,1-2H3,(H,35,39). The van der Waals surface area contributed by atoms with Gasteiger partial charge in [0, 0.05) is 41.5 Å². The second kappa shape index (κ2) is 11.9. The molecule has 0 fully saturated rings. The number of furan rings is 1. The van der Waals surface area contributed by atoms with Gasteiger partial charge in [-0.05, 0) is 49.2 Å². The Morgan fingerprint density at radius 1 is 1.02 bits per heavy atom. The molecule has 0 bridgehead atoms. The molecule has 1 amide bonds. The molecular formula is C29H25F5N4O5. The molecule has 1 unspecified atom stereocenters. The number of nitrogens with zero attached hydrogens (tertiary/aromatic N) is 3. The molecule has 4 aromatic rings. The van der Waals surface area contributed by atoms with E-state index in [1.165, 1.54) is 43.5 Å². The second-order valence-electron chi connectivity index (χ2n) is 9.88. The summed E-state index contributed by atoms with van der Waals surface area (Å²) in [5.74, 6) is -4.41. The average Bonchev–Trinajstić information content (AvgIpc) is 3.43. The van der Waals surface area contributed by atoms with Crippen LogP contribution in [0.15, 0.2) is 56.8 Å². The smallest absolute Gasteiger partial charge is 0.449 e. The van der Waals surface area contributed by atoms with E-state index in [0.29, 0.717) is 18.4 Å². The number of rotatable bonds is 9. The molecule has 3 heterocycles. The molecule has 1 N–H and O–H groups in total. The Hall–Kier alpha value is -4.75. The summed E-state index contributed by atoms with van der Waals surface area (Å²) in [6, 6.07) is 9.11. The van der Waals surface area contributed by atoms with E-state index in [0.717, 1.165) is 10.7 Å². The van der Waals surface area contributed by atoms with Crippen LogP contribution in [0, 0.1) is 17.6 Å². The maximum atomic E-state index is 14.8. The zero-order valence-electron chi connectivity index (χ0n) is 22.9. The number of carbonyl (C=O) groups is 1. The summed E-state index contributed by atoms with van der Waals surface area (Å²) in [6.45, 7) is 1.83. The Morgan fingerprint density at radius 3 is 2.49 bits per heavy atom. The van der Waals surface area contributed by atoms with Gasteiger partial charge < -0.3 is 13.9 Å². The first-order valence-electron chi connectivity index (χ1n) is 13.2. The number of hydrogen-bond acceptors (Lipinski definition) is 7. The lowest BCUT2D eigenvalue weighted by Gasteiger charge is -2.20. The molecule has 43 heavy (non-hydrogen) atoms. The van der Waals surface area contributed by atoms with Gasteiger partial charge in [0.1, 0.15) is 0 Å². The van der Waals surface area contributed by atoms with Crippen molar-refractivity contribution in [3.63, 3.8) is 0 Å². The largest absolute Gasteiger partial charge is 0.493 e. The first-order chi connectivity index (χ1) is 20.5. The van der Waals surface area contributed by atoms with Gasteiger partial charge in [0.15, 0.2) is 22.9 Å². The van der Waals surface area contributed by atoms with Crippen molar-refractivity contribution in [1.82, 2.24) is 15.2 Å². The fraction of sp³-hybridized carbons (Fsp3) is 0.310. The third kappa shape index (κ3) is 6.08. The van der Waals surface area contributed by atoms with Gasteiger partial charge >= 0.3 is 6.18 Å². The van der Waals surface area contributed by atoms with Crippen LogP contribution in [0.4, 0.5) is 22.0 Å². The molecule has 0 saturated heterocycles. The number of methoxy groups -OCH3 is 1. The second-order valence-corrected chi connectivity index (χ2v) is 9.88. The lowest BCUT2D eigenvalue weighted by molar-refractivity contribution is -0.152. The number of hydrazone groups is 1. The maximum absolute atomic E-state index is 14.8. The van der Waals surface area contributed by atoms with Crippen LogP contribution in [-0.2, 0) is 17.5 Å². The van der Waals surface area contributed by atoms with Gasteiger partial charge in [0.05, 0.1) is 25.1 Å². The molecule has 5 rings (SSSR count). The van der Waals surface area contributed by atoms with Crippen molar-refractivity contribution >= 4 is 22.6 Å². The number of benzene rings is 2. The van der Waals surface area contributed by atoms with Gasteiger partial charge in [-0.3, -0.25) is 9.59 Å². The molecule has 0 spiro atoms. The average molecular weight is 605 g/mol. The van der Waals surface area contributed by atoms with Crippen LogP contribution in [0.1, 0.15) is 37.5 Å². The highest BCUT2D eigenvalue weighted by atomic mass is 19.4. The zero-order valence-corrected chi connectivity index (χ0v) is 22.9. The molecular weight excluding hydrogens is 579 g/mol. The van der Waals surface area contributed by atoms with Crippen LogP contribution in [0.3, 0.4) is 0 Å². The Kier molecular flexibility index (Phi) is 8.20. The van der Waals surface area contributed by atoms with E-state index in [4.69, 9.17) is 13.9 Å². The maximum Gasteiger partial charge on any atom is 0.449 e. The Morgan fingerprint density at radius 2 is 1.77 bits per heavy atom. The number of fused-ring (bicyclic) bond motifs is 1. The monoisotopic (exact) mass is 604 g/mol. The van der Waals surface area contributed by atoms with E-state index in [1.54, 1.807) is 6.92 Å². The molecule has 14 heteroatoms. The highest BCUT2D eigenvalue weighted by Crippen LogP contribution is 2.40. The normalized spacial score (nSPS) is 15.4. The Bertz CT molecular complexity index is 1780. The van der Waals surface area contributed by atoms with E-state index >= 15 is 0 Å². The van der Waals surface area contributed by atoms with Crippen LogP contribution < -0.4 is 20.5 Å².